The van der Waals surface area contributed by atoms with E-state index in [0.29, 0.717) is 34.7 Å². The van der Waals surface area contributed by atoms with E-state index < -0.39 is 18.3 Å². The van der Waals surface area contributed by atoms with Crippen molar-refractivity contribution in [2.24, 2.45) is 40.4 Å². The van der Waals surface area contributed by atoms with E-state index in [9.17, 15) is 24.8 Å². The van der Waals surface area contributed by atoms with Crippen LogP contribution in [0.3, 0.4) is 0 Å². The fourth-order valence-corrected chi connectivity index (χ4v) is 9.12. The number of hydrogen-bond acceptors (Lipinski definition) is 4. The Hall–Kier alpha value is -1.01. The lowest BCUT2D eigenvalue weighted by molar-refractivity contribution is -0.147. The average molecular weight is 461 g/mol. The number of hydrogen-bond donors (Lipinski definition) is 4. The Labute approximate surface area is 197 Å². The van der Waals surface area contributed by atoms with Crippen molar-refractivity contribution < 1.29 is 24.8 Å². The van der Waals surface area contributed by atoms with Crippen LogP contribution in [0.5, 0.6) is 0 Å². The van der Waals surface area contributed by atoms with Crippen molar-refractivity contribution in [1.82, 2.24) is 0 Å². The molecule has 4 unspecified atom stereocenters. The van der Waals surface area contributed by atoms with Gasteiger partial charge in [-0.2, -0.15) is 0 Å². The Bertz CT molecular complexity index is 845. The van der Waals surface area contributed by atoms with Gasteiger partial charge in [-0.15, -0.1) is 0 Å². The van der Waals surface area contributed by atoms with E-state index in [1.807, 2.05) is 0 Å². The zero-order chi connectivity index (χ0) is 23.5. The molecule has 0 saturated heterocycles. The van der Waals surface area contributed by atoms with Gasteiger partial charge in [-0.05, 0) is 116 Å². The molecule has 11 atom stereocenters. The summed E-state index contributed by atoms with van der Waals surface area (Å²) in [6.07, 6.45) is 5.89. The summed E-state index contributed by atoms with van der Waals surface area (Å²) in [6.45, 7) is 4.79. The second-order valence-electron chi connectivity index (χ2n) is 12.3. The number of halogens is 1. The number of benzene rings is 1. The SMILES string of the molecule is C[C@]12CC[C@H](O)CC1CC[C@@H]1C2CC[C@@]2(C)C1CCC2[C@H](O)[C@@H](O)[C@H](O)c1ccc(F)cc1. The van der Waals surface area contributed by atoms with E-state index in [-0.39, 0.29) is 23.3 Å². The highest BCUT2D eigenvalue weighted by atomic mass is 19.1. The van der Waals surface area contributed by atoms with Crippen LogP contribution in [-0.2, 0) is 0 Å². The summed E-state index contributed by atoms with van der Waals surface area (Å²) in [5.74, 6) is 2.06. The summed E-state index contributed by atoms with van der Waals surface area (Å²) in [6, 6.07) is 5.49. The molecule has 4 aliphatic carbocycles. The average Bonchev–Trinajstić information content (AvgIpc) is 3.15. The molecule has 0 radical (unpaired) electrons. The first kappa shape index (κ1) is 23.7. The molecule has 5 rings (SSSR count). The molecule has 4 N–H and O–H groups in total. The van der Waals surface area contributed by atoms with Gasteiger partial charge in [0.2, 0.25) is 0 Å². The van der Waals surface area contributed by atoms with Gasteiger partial charge in [0, 0.05) is 0 Å². The predicted molar refractivity (Wildman–Crippen MR) is 125 cm³/mol. The lowest BCUT2D eigenvalue weighted by Gasteiger charge is -2.61. The van der Waals surface area contributed by atoms with Crippen LogP contribution >= 0.6 is 0 Å². The second kappa shape index (κ2) is 8.58. The van der Waals surface area contributed by atoms with Crippen molar-refractivity contribution in [3.05, 3.63) is 35.6 Å². The Morgan fingerprint density at radius 1 is 0.848 bits per heavy atom. The molecule has 33 heavy (non-hydrogen) atoms. The zero-order valence-corrected chi connectivity index (χ0v) is 20.0. The molecular weight excluding hydrogens is 419 g/mol. The smallest absolute Gasteiger partial charge is 0.123 e. The number of rotatable bonds is 4. The zero-order valence-electron chi connectivity index (χ0n) is 20.0. The van der Waals surface area contributed by atoms with Crippen molar-refractivity contribution in [3.63, 3.8) is 0 Å². The summed E-state index contributed by atoms with van der Waals surface area (Å²) in [5, 5.41) is 43.1. The molecular formula is C28H41FO4. The third-order valence-electron chi connectivity index (χ3n) is 11.0. The minimum atomic E-state index is -1.29. The maximum Gasteiger partial charge on any atom is 0.123 e. The van der Waals surface area contributed by atoms with Gasteiger partial charge in [-0.1, -0.05) is 26.0 Å². The van der Waals surface area contributed by atoms with Crippen molar-refractivity contribution in [2.45, 2.75) is 96.1 Å². The van der Waals surface area contributed by atoms with Crippen molar-refractivity contribution in [3.8, 4) is 0 Å². The standard InChI is InChI=1S/C28H41FO4/c1-27-13-11-19(30)15-17(27)5-8-20-21-9-10-23(28(21,2)14-12-22(20)27)25(32)26(33)24(31)16-3-6-18(29)7-4-16/h3-4,6-7,17,19-26,30-33H,5,8-15H2,1-2H3/t17?,19-,20-,21?,22?,23?,24+,25-,26-,27-,28-/m0/s1. The maximum absolute atomic E-state index is 13.3. The van der Waals surface area contributed by atoms with Crippen LogP contribution in [0.1, 0.15) is 83.3 Å². The van der Waals surface area contributed by atoms with Crippen molar-refractivity contribution in [2.75, 3.05) is 0 Å². The highest BCUT2D eigenvalue weighted by molar-refractivity contribution is 5.20. The summed E-state index contributed by atoms with van der Waals surface area (Å²) >= 11 is 0. The van der Waals surface area contributed by atoms with E-state index in [1.165, 1.54) is 37.1 Å². The van der Waals surface area contributed by atoms with Gasteiger partial charge in [0.15, 0.2) is 0 Å². The van der Waals surface area contributed by atoms with E-state index >= 15 is 0 Å². The molecule has 5 heteroatoms. The van der Waals surface area contributed by atoms with Crippen molar-refractivity contribution >= 4 is 0 Å². The van der Waals surface area contributed by atoms with Gasteiger partial charge in [0.25, 0.3) is 0 Å². The highest BCUT2D eigenvalue weighted by Gasteiger charge is 2.61. The summed E-state index contributed by atoms with van der Waals surface area (Å²) in [5.41, 5.74) is 0.706. The molecule has 0 aromatic heterocycles. The van der Waals surface area contributed by atoms with Gasteiger partial charge >= 0.3 is 0 Å². The van der Waals surface area contributed by atoms with Crippen LogP contribution in [0.2, 0.25) is 0 Å². The molecule has 1 aromatic rings. The van der Waals surface area contributed by atoms with Gasteiger partial charge in [0.05, 0.1) is 12.2 Å². The normalized spacial score (nSPS) is 45.4. The second-order valence-corrected chi connectivity index (χ2v) is 12.3. The predicted octanol–water partition coefficient (Wildman–Crippen LogP) is 4.60. The monoisotopic (exact) mass is 460 g/mol. The van der Waals surface area contributed by atoms with E-state index in [4.69, 9.17) is 0 Å². The lowest BCUT2D eigenvalue weighted by atomic mass is 9.44. The van der Waals surface area contributed by atoms with E-state index in [1.54, 1.807) is 0 Å². The summed E-state index contributed by atoms with van der Waals surface area (Å²) in [4.78, 5) is 0. The fraction of sp³-hybridized carbons (Fsp3) is 0.786. The van der Waals surface area contributed by atoms with Gasteiger partial charge in [-0.3, -0.25) is 0 Å². The molecule has 4 nitrogen and oxygen atoms in total. The third kappa shape index (κ3) is 3.78. The summed E-state index contributed by atoms with van der Waals surface area (Å²) in [7, 11) is 0. The van der Waals surface area contributed by atoms with Crippen LogP contribution in [0, 0.1) is 46.2 Å². The quantitative estimate of drug-likeness (QED) is 0.529. The first-order valence-corrected chi connectivity index (χ1v) is 13.1. The molecule has 4 aliphatic rings. The van der Waals surface area contributed by atoms with Gasteiger partial charge in [0.1, 0.15) is 18.0 Å². The van der Waals surface area contributed by atoms with Gasteiger partial charge in [-0.25, -0.2) is 4.39 Å². The molecule has 0 bridgehead atoms. The molecule has 0 spiro atoms. The first-order chi connectivity index (χ1) is 15.6. The van der Waals surface area contributed by atoms with Crippen LogP contribution in [0.15, 0.2) is 24.3 Å². The van der Waals surface area contributed by atoms with Crippen molar-refractivity contribution in [1.29, 1.82) is 0 Å². The number of aliphatic hydroxyl groups excluding tert-OH is 4. The van der Waals surface area contributed by atoms with Gasteiger partial charge < -0.3 is 20.4 Å². The minimum absolute atomic E-state index is 0.0402. The molecule has 1 aromatic carbocycles. The topological polar surface area (TPSA) is 80.9 Å². The van der Waals surface area contributed by atoms with Crippen LogP contribution in [0.4, 0.5) is 4.39 Å². The lowest BCUT2D eigenvalue weighted by Crippen LogP contribution is -2.55. The molecule has 184 valence electrons. The van der Waals surface area contributed by atoms with Crippen LogP contribution < -0.4 is 0 Å². The first-order valence-electron chi connectivity index (χ1n) is 13.1. The highest BCUT2D eigenvalue weighted by Crippen LogP contribution is 2.68. The van der Waals surface area contributed by atoms with Crippen LogP contribution in [-0.4, -0.2) is 38.7 Å². The molecule has 0 heterocycles. The molecule has 4 saturated carbocycles. The Balaban J connectivity index is 1.33. The molecule has 0 aliphatic heterocycles. The Morgan fingerprint density at radius 3 is 2.24 bits per heavy atom. The van der Waals surface area contributed by atoms with E-state index in [0.717, 1.165) is 44.9 Å². The largest absolute Gasteiger partial charge is 0.393 e. The fourth-order valence-electron chi connectivity index (χ4n) is 9.12. The Kier molecular flexibility index (Phi) is 6.17. The molecule has 4 fully saturated rings. The minimum Gasteiger partial charge on any atom is -0.393 e. The molecule has 0 amide bonds. The third-order valence-corrected chi connectivity index (χ3v) is 11.0. The Morgan fingerprint density at radius 2 is 1.52 bits per heavy atom. The van der Waals surface area contributed by atoms with Crippen LogP contribution in [0.25, 0.3) is 0 Å². The maximum atomic E-state index is 13.3. The van der Waals surface area contributed by atoms with E-state index in [2.05, 4.69) is 13.8 Å². The summed E-state index contributed by atoms with van der Waals surface area (Å²) < 4.78 is 13.3. The number of aliphatic hydroxyl groups is 4. The number of fused-ring (bicyclic) bond motifs is 5.